The highest BCUT2D eigenvalue weighted by Crippen LogP contribution is 2.39. The van der Waals surface area contributed by atoms with Gasteiger partial charge in [0.15, 0.2) is 5.82 Å². The van der Waals surface area contributed by atoms with Crippen LogP contribution in [-0.4, -0.2) is 45.9 Å². The van der Waals surface area contributed by atoms with Gasteiger partial charge in [-0.1, -0.05) is 29.8 Å². The predicted molar refractivity (Wildman–Crippen MR) is 135 cm³/mol. The fraction of sp³-hybridized carbons (Fsp3) is 0.423. The molecule has 8 nitrogen and oxygen atoms in total. The van der Waals surface area contributed by atoms with Crippen LogP contribution in [0.25, 0.3) is 0 Å². The lowest BCUT2D eigenvalue weighted by atomic mass is 9.98. The maximum Gasteiger partial charge on any atom is 0.416 e. The van der Waals surface area contributed by atoms with Crippen LogP contribution in [0.2, 0.25) is 5.02 Å². The molecule has 0 bridgehead atoms. The number of hydrogen-bond acceptors (Lipinski definition) is 5. The van der Waals surface area contributed by atoms with Crippen LogP contribution in [0, 0.1) is 0 Å². The van der Waals surface area contributed by atoms with Crippen molar-refractivity contribution in [2.24, 2.45) is 0 Å². The molecule has 12 heteroatoms. The number of urea groups is 1. The Labute approximate surface area is 223 Å². The number of rotatable bonds is 6. The molecular weight excluding hydrogens is 521 g/mol. The fourth-order valence-electron chi connectivity index (χ4n) is 5.06. The number of hydrogen-bond donors (Lipinski definition) is 2. The van der Waals surface area contributed by atoms with Gasteiger partial charge in [0.25, 0.3) is 0 Å². The van der Waals surface area contributed by atoms with E-state index in [0.717, 1.165) is 36.4 Å². The molecule has 3 aromatic rings. The van der Waals surface area contributed by atoms with Gasteiger partial charge in [0.2, 0.25) is 0 Å². The first-order chi connectivity index (χ1) is 18.2. The zero-order valence-corrected chi connectivity index (χ0v) is 21.5. The van der Waals surface area contributed by atoms with Crippen molar-refractivity contribution < 1.29 is 22.7 Å². The number of likely N-dealkylation sites (tertiary alicyclic amines) is 1. The van der Waals surface area contributed by atoms with Crippen molar-refractivity contribution in [2.75, 3.05) is 20.2 Å². The zero-order valence-electron chi connectivity index (χ0n) is 20.8. The minimum Gasteiger partial charge on any atom is -0.493 e. The van der Waals surface area contributed by atoms with E-state index in [9.17, 15) is 18.0 Å². The van der Waals surface area contributed by atoms with Gasteiger partial charge < -0.3 is 24.8 Å². The minimum atomic E-state index is -4.47. The normalized spacial score (nSPS) is 19.2. The van der Waals surface area contributed by atoms with Gasteiger partial charge in [-0.25, -0.2) is 4.79 Å². The van der Waals surface area contributed by atoms with E-state index in [1.165, 1.54) is 6.07 Å². The van der Waals surface area contributed by atoms with Crippen molar-refractivity contribution in [3.8, 4) is 5.75 Å². The van der Waals surface area contributed by atoms with Crippen molar-refractivity contribution >= 4 is 17.6 Å². The van der Waals surface area contributed by atoms with Crippen LogP contribution in [0.15, 0.2) is 42.5 Å². The summed E-state index contributed by atoms with van der Waals surface area (Å²) in [6.45, 7) is 1.79. The Kier molecular flexibility index (Phi) is 7.49. The summed E-state index contributed by atoms with van der Waals surface area (Å²) in [6, 6.07) is 9.92. The standard InChI is InChI=1S/C26H28ClF3N6O2/c1-31-14-23-33-34-24(36(23)15-16-4-7-18(27)8-5-16)21-3-2-11-35(21)25(37)32-20-10-12-38-22-13-17(26(28,29)30)6-9-19(20)22/h4-9,13,20-21,31H,2-3,10-12,14-15H2,1H3,(H,32,37)/t20-,21+/m0/s1. The molecule has 2 aliphatic rings. The van der Waals surface area contributed by atoms with Crippen LogP contribution in [0.5, 0.6) is 5.75 Å². The molecule has 2 amide bonds. The Balaban J connectivity index is 1.37. The average molecular weight is 549 g/mol. The third-order valence-electron chi connectivity index (χ3n) is 6.93. The number of halogens is 4. The summed E-state index contributed by atoms with van der Waals surface area (Å²) in [5.41, 5.74) is 0.787. The maximum atomic E-state index is 13.5. The topological polar surface area (TPSA) is 84.3 Å². The number of benzene rings is 2. The molecule has 3 heterocycles. The third-order valence-corrected chi connectivity index (χ3v) is 7.19. The van der Waals surface area contributed by atoms with Gasteiger partial charge in [0.05, 0.1) is 37.3 Å². The summed E-state index contributed by atoms with van der Waals surface area (Å²) in [5, 5.41) is 15.7. The van der Waals surface area contributed by atoms with Crippen LogP contribution in [0.3, 0.4) is 0 Å². The maximum absolute atomic E-state index is 13.5. The summed E-state index contributed by atoms with van der Waals surface area (Å²) >= 11 is 6.05. The summed E-state index contributed by atoms with van der Waals surface area (Å²) < 4.78 is 47.0. The molecule has 202 valence electrons. The van der Waals surface area contributed by atoms with Crippen LogP contribution in [0.1, 0.15) is 59.7 Å². The molecule has 2 N–H and O–H groups in total. The van der Waals surface area contributed by atoms with E-state index < -0.39 is 17.8 Å². The number of nitrogens with zero attached hydrogens (tertiary/aromatic N) is 4. The van der Waals surface area contributed by atoms with E-state index in [4.69, 9.17) is 16.3 Å². The number of carbonyl (C=O) groups excluding carboxylic acids is 1. The molecule has 0 spiro atoms. The smallest absolute Gasteiger partial charge is 0.416 e. The molecular formula is C26H28ClF3N6O2. The van der Waals surface area contributed by atoms with E-state index >= 15 is 0 Å². The first-order valence-corrected chi connectivity index (χ1v) is 12.8. The van der Waals surface area contributed by atoms with E-state index in [1.807, 2.05) is 35.9 Å². The highest BCUT2D eigenvalue weighted by Gasteiger charge is 2.37. The van der Waals surface area contributed by atoms with Crippen molar-refractivity contribution in [2.45, 2.75) is 50.6 Å². The second-order valence-electron chi connectivity index (χ2n) is 9.46. The number of nitrogens with one attached hydrogen (secondary N) is 2. The molecule has 38 heavy (non-hydrogen) atoms. The molecule has 1 fully saturated rings. The number of ether oxygens (including phenoxy) is 1. The van der Waals surface area contributed by atoms with Crippen LogP contribution >= 0.6 is 11.6 Å². The molecule has 0 aliphatic carbocycles. The highest BCUT2D eigenvalue weighted by molar-refractivity contribution is 6.30. The molecule has 2 atom stereocenters. The molecule has 0 saturated carbocycles. The van der Waals surface area contributed by atoms with Crippen molar-refractivity contribution in [3.63, 3.8) is 0 Å². The molecule has 2 aromatic carbocycles. The zero-order chi connectivity index (χ0) is 26.9. The summed E-state index contributed by atoms with van der Waals surface area (Å²) in [4.78, 5) is 15.2. The average Bonchev–Trinajstić information content (AvgIpc) is 3.52. The highest BCUT2D eigenvalue weighted by atomic mass is 35.5. The second kappa shape index (κ2) is 10.8. The lowest BCUT2D eigenvalue weighted by Gasteiger charge is -2.31. The fourth-order valence-corrected chi connectivity index (χ4v) is 5.18. The Morgan fingerprint density at radius 1 is 1.16 bits per heavy atom. The third kappa shape index (κ3) is 5.44. The van der Waals surface area contributed by atoms with E-state index in [2.05, 4.69) is 20.8 Å². The number of aromatic nitrogens is 3. The molecule has 0 unspecified atom stereocenters. The first-order valence-electron chi connectivity index (χ1n) is 12.5. The van der Waals surface area contributed by atoms with Crippen molar-refractivity contribution in [3.05, 3.63) is 75.8 Å². The first kappa shape index (κ1) is 26.3. The number of fused-ring (bicyclic) bond motifs is 1. The molecule has 5 rings (SSSR count). The van der Waals surface area contributed by atoms with Crippen LogP contribution in [0.4, 0.5) is 18.0 Å². The number of alkyl halides is 3. The van der Waals surface area contributed by atoms with Gasteiger partial charge in [0.1, 0.15) is 11.6 Å². The van der Waals surface area contributed by atoms with Gasteiger partial charge >= 0.3 is 12.2 Å². The molecule has 1 aromatic heterocycles. The summed E-state index contributed by atoms with van der Waals surface area (Å²) in [7, 11) is 1.83. The predicted octanol–water partition coefficient (Wildman–Crippen LogP) is 5.09. The van der Waals surface area contributed by atoms with Crippen molar-refractivity contribution in [1.82, 2.24) is 30.3 Å². The quantitative estimate of drug-likeness (QED) is 0.448. The number of carbonyl (C=O) groups is 1. The van der Waals surface area contributed by atoms with Gasteiger partial charge in [0, 0.05) is 23.6 Å². The monoisotopic (exact) mass is 548 g/mol. The SMILES string of the molecule is CNCc1nnc([C@H]2CCCN2C(=O)N[C@H]2CCOc3cc(C(F)(F)F)ccc32)n1Cc1ccc(Cl)cc1. The largest absolute Gasteiger partial charge is 0.493 e. The molecule has 1 saturated heterocycles. The van der Waals surface area contributed by atoms with Gasteiger partial charge in [-0.2, -0.15) is 13.2 Å². The Morgan fingerprint density at radius 3 is 2.68 bits per heavy atom. The minimum absolute atomic E-state index is 0.147. The number of amides is 2. The lowest BCUT2D eigenvalue weighted by Crippen LogP contribution is -2.43. The summed E-state index contributed by atoms with van der Waals surface area (Å²) in [5.74, 6) is 1.59. The van der Waals surface area contributed by atoms with Gasteiger partial charge in [-0.05, 0) is 49.7 Å². The Hall–Kier alpha value is -3.31. The van der Waals surface area contributed by atoms with E-state index in [1.54, 1.807) is 4.90 Å². The second-order valence-corrected chi connectivity index (χ2v) is 9.89. The van der Waals surface area contributed by atoms with E-state index in [0.29, 0.717) is 42.5 Å². The van der Waals surface area contributed by atoms with Crippen LogP contribution in [-0.2, 0) is 19.3 Å². The van der Waals surface area contributed by atoms with Crippen molar-refractivity contribution in [1.29, 1.82) is 0 Å². The molecule has 2 aliphatic heterocycles. The Bertz CT molecular complexity index is 1300. The van der Waals surface area contributed by atoms with Gasteiger partial charge in [-0.3, -0.25) is 0 Å². The molecule has 0 radical (unpaired) electrons. The lowest BCUT2D eigenvalue weighted by molar-refractivity contribution is -0.137. The van der Waals surface area contributed by atoms with Crippen LogP contribution < -0.4 is 15.4 Å². The van der Waals surface area contributed by atoms with Gasteiger partial charge in [-0.15, -0.1) is 10.2 Å². The Morgan fingerprint density at radius 2 is 1.95 bits per heavy atom. The van der Waals surface area contributed by atoms with E-state index in [-0.39, 0.29) is 24.4 Å². The summed E-state index contributed by atoms with van der Waals surface area (Å²) in [6.07, 6.45) is -2.48.